The summed E-state index contributed by atoms with van der Waals surface area (Å²) >= 11 is 0. The van der Waals surface area contributed by atoms with Crippen LogP contribution in [-0.4, -0.2) is 47.6 Å². The predicted molar refractivity (Wildman–Crippen MR) is 76.3 cm³/mol. The Morgan fingerprint density at radius 1 is 1.20 bits per heavy atom. The van der Waals surface area contributed by atoms with Crippen molar-refractivity contribution in [1.82, 2.24) is 10.2 Å². The molecule has 2 rings (SSSR count). The number of rotatable bonds is 4. The molecule has 0 aromatic rings. The molecule has 20 heavy (non-hydrogen) atoms. The first-order chi connectivity index (χ1) is 9.65. The van der Waals surface area contributed by atoms with Gasteiger partial charge in [0, 0.05) is 12.6 Å². The number of nitrogens with zero attached hydrogens (tertiary/aromatic N) is 1. The topological polar surface area (TPSA) is 69.6 Å². The van der Waals surface area contributed by atoms with Gasteiger partial charge in [-0.05, 0) is 45.7 Å². The minimum atomic E-state index is -0.853. The Morgan fingerprint density at radius 2 is 1.80 bits per heavy atom. The van der Waals surface area contributed by atoms with Crippen LogP contribution < -0.4 is 5.32 Å². The van der Waals surface area contributed by atoms with Gasteiger partial charge in [0.15, 0.2) is 0 Å². The van der Waals surface area contributed by atoms with Crippen molar-refractivity contribution in [3.8, 4) is 0 Å². The van der Waals surface area contributed by atoms with E-state index in [9.17, 15) is 14.7 Å². The van der Waals surface area contributed by atoms with E-state index in [1.54, 1.807) is 0 Å². The number of amides is 1. The molecule has 5 heteroatoms. The van der Waals surface area contributed by atoms with E-state index in [0.717, 1.165) is 25.9 Å². The molecule has 2 atom stereocenters. The maximum absolute atomic E-state index is 12.8. The molecular formula is C15H24N2O3. The van der Waals surface area contributed by atoms with Crippen molar-refractivity contribution in [2.75, 3.05) is 19.6 Å². The Morgan fingerprint density at radius 3 is 2.35 bits per heavy atom. The normalized spacial score (nSPS) is 27.2. The highest BCUT2D eigenvalue weighted by molar-refractivity contribution is 5.85. The number of aliphatic carboxylic acids is 1. The van der Waals surface area contributed by atoms with Gasteiger partial charge in [0.2, 0.25) is 5.91 Å². The number of carboxylic acid groups (broad SMARTS) is 1. The van der Waals surface area contributed by atoms with Gasteiger partial charge in [0.05, 0.1) is 11.8 Å². The van der Waals surface area contributed by atoms with E-state index in [-0.39, 0.29) is 11.9 Å². The summed E-state index contributed by atoms with van der Waals surface area (Å²) in [5, 5.41) is 12.6. The number of nitrogens with one attached hydrogen (secondary N) is 1. The number of carbonyl (C=O) groups is 2. The minimum absolute atomic E-state index is 0.0242. The summed E-state index contributed by atoms with van der Waals surface area (Å²) in [4.78, 5) is 26.0. The molecule has 2 N–H and O–H groups in total. The van der Waals surface area contributed by atoms with Crippen molar-refractivity contribution in [3.63, 3.8) is 0 Å². The summed E-state index contributed by atoms with van der Waals surface area (Å²) in [6.07, 6.45) is 6.76. The summed E-state index contributed by atoms with van der Waals surface area (Å²) < 4.78 is 0. The summed E-state index contributed by atoms with van der Waals surface area (Å²) in [6.45, 7) is 4.51. The molecule has 0 aromatic carbocycles. The molecule has 0 radical (unpaired) electrons. The Bertz CT molecular complexity index is 389. The van der Waals surface area contributed by atoms with Gasteiger partial charge in [-0.15, -0.1) is 0 Å². The standard InChI is InChI=1S/C15H24N2O3/c1-2-17(11-7-9-16-10-8-11)14(18)12-5-3-4-6-13(12)15(19)20/h3-4,11-13,16H,2,5-10H2,1H3,(H,19,20)/t12-,13+/m1/s1. The summed E-state index contributed by atoms with van der Waals surface area (Å²) in [5.74, 6) is -1.79. The molecule has 0 spiro atoms. The van der Waals surface area contributed by atoms with Gasteiger partial charge in [-0.3, -0.25) is 9.59 Å². The zero-order valence-electron chi connectivity index (χ0n) is 12.0. The lowest BCUT2D eigenvalue weighted by molar-refractivity contribution is -0.151. The van der Waals surface area contributed by atoms with Crippen molar-refractivity contribution < 1.29 is 14.7 Å². The van der Waals surface area contributed by atoms with E-state index in [1.165, 1.54) is 0 Å². The summed E-state index contributed by atoms with van der Waals surface area (Å²) in [6, 6.07) is 0.258. The molecule has 112 valence electrons. The lowest BCUT2D eigenvalue weighted by Gasteiger charge is -2.37. The Balaban J connectivity index is 2.10. The second-order valence-corrected chi connectivity index (χ2v) is 5.60. The predicted octanol–water partition coefficient (Wildman–Crippen LogP) is 1.25. The highest BCUT2D eigenvalue weighted by atomic mass is 16.4. The fourth-order valence-electron chi connectivity index (χ4n) is 3.29. The highest BCUT2D eigenvalue weighted by Crippen LogP contribution is 2.29. The quantitative estimate of drug-likeness (QED) is 0.761. The molecular weight excluding hydrogens is 256 g/mol. The number of allylic oxidation sites excluding steroid dienone is 2. The van der Waals surface area contributed by atoms with Gasteiger partial charge in [-0.2, -0.15) is 0 Å². The van der Waals surface area contributed by atoms with Crippen LogP contribution in [0.1, 0.15) is 32.6 Å². The van der Waals surface area contributed by atoms with Gasteiger partial charge >= 0.3 is 5.97 Å². The Hall–Kier alpha value is -1.36. The van der Waals surface area contributed by atoms with E-state index in [4.69, 9.17) is 0 Å². The summed E-state index contributed by atoms with van der Waals surface area (Å²) in [5.41, 5.74) is 0. The zero-order chi connectivity index (χ0) is 14.5. The lowest BCUT2D eigenvalue weighted by atomic mass is 9.81. The minimum Gasteiger partial charge on any atom is -0.481 e. The van der Waals surface area contributed by atoms with Crippen LogP contribution in [0.15, 0.2) is 12.2 Å². The highest BCUT2D eigenvalue weighted by Gasteiger charge is 2.37. The molecule has 0 aromatic heterocycles. The van der Waals surface area contributed by atoms with Crippen LogP contribution in [0, 0.1) is 11.8 Å². The molecule has 0 saturated carbocycles. The van der Waals surface area contributed by atoms with Crippen LogP contribution in [0.4, 0.5) is 0 Å². The largest absolute Gasteiger partial charge is 0.481 e. The van der Waals surface area contributed by atoms with Crippen molar-refractivity contribution >= 4 is 11.9 Å². The number of carbonyl (C=O) groups excluding carboxylic acids is 1. The van der Waals surface area contributed by atoms with Gasteiger partial charge < -0.3 is 15.3 Å². The summed E-state index contributed by atoms with van der Waals surface area (Å²) in [7, 11) is 0. The second kappa shape index (κ2) is 6.88. The third kappa shape index (κ3) is 3.20. The van der Waals surface area contributed by atoms with Crippen molar-refractivity contribution in [2.24, 2.45) is 11.8 Å². The third-order valence-electron chi connectivity index (χ3n) is 4.44. The maximum atomic E-state index is 12.8. The molecule has 1 saturated heterocycles. The van der Waals surface area contributed by atoms with Gasteiger partial charge in [0.1, 0.15) is 0 Å². The number of hydrogen-bond donors (Lipinski definition) is 2. The van der Waals surface area contributed by atoms with E-state index in [2.05, 4.69) is 5.32 Å². The number of carboxylic acids is 1. The van der Waals surface area contributed by atoms with E-state index in [0.29, 0.717) is 19.4 Å². The molecule has 1 heterocycles. The Labute approximate surface area is 120 Å². The third-order valence-corrected chi connectivity index (χ3v) is 4.44. The molecule has 1 aliphatic heterocycles. The monoisotopic (exact) mass is 280 g/mol. The van der Waals surface area contributed by atoms with Gasteiger partial charge in [-0.1, -0.05) is 12.2 Å². The van der Waals surface area contributed by atoms with Crippen LogP contribution in [0.2, 0.25) is 0 Å². The fraction of sp³-hybridized carbons (Fsp3) is 0.733. The zero-order valence-corrected chi connectivity index (χ0v) is 12.0. The van der Waals surface area contributed by atoms with E-state index >= 15 is 0 Å². The van der Waals surface area contributed by atoms with Crippen molar-refractivity contribution in [3.05, 3.63) is 12.2 Å². The van der Waals surface area contributed by atoms with E-state index < -0.39 is 17.8 Å². The fourth-order valence-corrected chi connectivity index (χ4v) is 3.29. The first-order valence-corrected chi connectivity index (χ1v) is 7.54. The maximum Gasteiger partial charge on any atom is 0.307 e. The first kappa shape index (κ1) is 15.0. The molecule has 0 bridgehead atoms. The van der Waals surface area contributed by atoms with Crippen LogP contribution >= 0.6 is 0 Å². The van der Waals surface area contributed by atoms with Crippen LogP contribution in [0.25, 0.3) is 0 Å². The average Bonchev–Trinajstić information content (AvgIpc) is 2.49. The molecule has 1 amide bonds. The molecule has 1 aliphatic carbocycles. The van der Waals surface area contributed by atoms with Crippen molar-refractivity contribution in [1.29, 1.82) is 0 Å². The number of hydrogen-bond acceptors (Lipinski definition) is 3. The SMILES string of the molecule is CCN(C(=O)[C@@H]1CC=CC[C@@H]1C(=O)O)C1CCNCC1. The molecule has 2 aliphatic rings. The van der Waals surface area contributed by atoms with Crippen LogP contribution in [0.5, 0.6) is 0 Å². The van der Waals surface area contributed by atoms with Crippen LogP contribution in [0.3, 0.4) is 0 Å². The first-order valence-electron chi connectivity index (χ1n) is 7.54. The lowest BCUT2D eigenvalue weighted by Crippen LogP contribution is -2.50. The Kier molecular flexibility index (Phi) is 5.17. The number of piperidine rings is 1. The van der Waals surface area contributed by atoms with Crippen LogP contribution in [-0.2, 0) is 9.59 Å². The van der Waals surface area contributed by atoms with Crippen molar-refractivity contribution in [2.45, 2.75) is 38.6 Å². The second-order valence-electron chi connectivity index (χ2n) is 5.60. The molecule has 1 fully saturated rings. The molecule has 0 unspecified atom stereocenters. The average molecular weight is 280 g/mol. The smallest absolute Gasteiger partial charge is 0.307 e. The van der Waals surface area contributed by atoms with Gasteiger partial charge in [0.25, 0.3) is 0 Å². The van der Waals surface area contributed by atoms with E-state index in [1.807, 2.05) is 24.0 Å². The van der Waals surface area contributed by atoms with Gasteiger partial charge in [-0.25, -0.2) is 0 Å². The molecule has 5 nitrogen and oxygen atoms in total.